The fourth-order valence-electron chi connectivity index (χ4n) is 3.17. The average Bonchev–Trinajstić information content (AvgIpc) is 2.96. The number of imide groups is 1. The minimum atomic E-state index is -0.229. The number of amides is 2. The van der Waals surface area contributed by atoms with E-state index in [0.29, 0.717) is 34.9 Å². The molecule has 0 saturated carbocycles. The van der Waals surface area contributed by atoms with E-state index < -0.39 is 0 Å². The summed E-state index contributed by atoms with van der Waals surface area (Å²) < 4.78 is 10.6. The minimum absolute atomic E-state index is 0.212. The summed E-state index contributed by atoms with van der Waals surface area (Å²) in [4.78, 5) is 27.8. The van der Waals surface area contributed by atoms with Crippen molar-refractivity contribution in [2.75, 3.05) is 26.5 Å². The highest BCUT2D eigenvalue weighted by Gasteiger charge is 2.38. The van der Waals surface area contributed by atoms with Crippen molar-refractivity contribution in [3.8, 4) is 11.5 Å². The zero-order valence-corrected chi connectivity index (χ0v) is 17.0. The molecule has 2 aromatic rings. The highest BCUT2D eigenvalue weighted by atomic mass is 32.2. The first-order chi connectivity index (χ1) is 13.6. The predicted octanol–water partition coefficient (Wildman–Crippen LogP) is 3.78. The fourth-order valence-corrected chi connectivity index (χ4v) is 4.04. The van der Waals surface area contributed by atoms with Gasteiger partial charge in [-0.2, -0.15) is 0 Å². The lowest BCUT2D eigenvalue weighted by molar-refractivity contribution is -0.136. The number of nitrogens with zero attached hydrogens (tertiary/aromatic N) is 1. The SMILES string of the molecule is CCSC1=C(c2ccccc2)C(=O)N(CCc2ccc(OC)c(OC)c2)C1=O. The van der Waals surface area contributed by atoms with Gasteiger partial charge in [0.1, 0.15) is 0 Å². The maximum Gasteiger partial charge on any atom is 0.267 e. The third-order valence-electron chi connectivity index (χ3n) is 4.55. The van der Waals surface area contributed by atoms with Crippen molar-refractivity contribution in [2.24, 2.45) is 0 Å². The number of methoxy groups -OCH3 is 2. The van der Waals surface area contributed by atoms with Gasteiger partial charge in [0.15, 0.2) is 11.5 Å². The Hall–Kier alpha value is -2.73. The normalized spacial score (nSPS) is 14.0. The van der Waals surface area contributed by atoms with Crippen molar-refractivity contribution in [1.82, 2.24) is 4.90 Å². The number of hydrogen-bond donors (Lipinski definition) is 0. The molecule has 0 spiro atoms. The number of ether oxygens (including phenoxy) is 2. The van der Waals surface area contributed by atoms with Crippen LogP contribution in [-0.4, -0.2) is 43.2 Å². The highest BCUT2D eigenvalue weighted by Crippen LogP contribution is 2.36. The molecule has 0 atom stereocenters. The van der Waals surface area contributed by atoms with Crippen molar-refractivity contribution in [3.63, 3.8) is 0 Å². The van der Waals surface area contributed by atoms with Crippen molar-refractivity contribution in [3.05, 3.63) is 64.6 Å². The molecule has 1 heterocycles. The second kappa shape index (κ2) is 8.97. The second-order valence-corrected chi connectivity index (χ2v) is 7.48. The van der Waals surface area contributed by atoms with E-state index in [1.54, 1.807) is 14.2 Å². The standard InChI is InChI=1S/C22H23NO4S/c1-4-28-20-19(16-8-6-5-7-9-16)21(24)23(22(20)25)13-12-15-10-11-17(26-2)18(14-15)27-3/h5-11,14H,4,12-13H2,1-3H3. The van der Waals surface area contributed by atoms with Crippen molar-refractivity contribution >= 4 is 29.1 Å². The Morgan fingerprint density at radius 2 is 1.64 bits per heavy atom. The van der Waals surface area contributed by atoms with Gasteiger partial charge in [0.2, 0.25) is 0 Å². The summed E-state index contributed by atoms with van der Waals surface area (Å²) in [6.07, 6.45) is 0.546. The van der Waals surface area contributed by atoms with Gasteiger partial charge in [-0.1, -0.05) is 43.3 Å². The van der Waals surface area contributed by atoms with Crippen molar-refractivity contribution in [2.45, 2.75) is 13.3 Å². The van der Waals surface area contributed by atoms with Crippen LogP contribution in [-0.2, 0) is 16.0 Å². The van der Waals surface area contributed by atoms with Crippen LogP contribution in [0.5, 0.6) is 11.5 Å². The predicted molar refractivity (Wildman–Crippen MR) is 111 cm³/mol. The van der Waals surface area contributed by atoms with Gasteiger partial charge in [0.25, 0.3) is 11.8 Å². The Kier molecular flexibility index (Phi) is 6.41. The molecule has 3 rings (SSSR count). The molecule has 0 bridgehead atoms. The molecule has 0 fully saturated rings. The van der Waals surface area contributed by atoms with E-state index >= 15 is 0 Å². The van der Waals surface area contributed by atoms with Crippen LogP contribution in [0.3, 0.4) is 0 Å². The van der Waals surface area contributed by atoms with E-state index in [1.807, 2.05) is 55.5 Å². The van der Waals surface area contributed by atoms with E-state index in [1.165, 1.54) is 16.7 Å². The first-order valence-corrected chi connectivity index (χ1v) is 10.1. The Bertz CT molecular complexity index is 908. The lowest BCUT2D eigenvalue weighted by atomic mass is 10.1. The van der Waals surface area contributed by atoms with Gasteiger partial charge in [0.05, 0.1) is 24.7 Å². The monoisotopic (exact) mass is 397 g/mol. The van der Waals surface area contributed by atoms with Crippen molar-refractivity contribution < 1.29 is 19.1 Å². The molecule has 146 valence electrons. The largest absolute Gasteiger partial charge is 0.493 e. The lowest BCUT2D eigenvalue weighted by Crippen LogP contribution is -2.33. The first kappa shape index (κ1) is 20.0. The molecular weight excluding hydrogens is 374 g/mol. The van der Waals surface area contributed by atoms with Crippen molar-refractivity contribution in [1.29, 1.82) is 0 Å². The second-order valence-electron chi connectivity index (χ2n) is 6.20. The summed E-state index contributed by atoms with van der Waals surface area (Å²) in [7, 11) is 3.17. The maximum absolute atomic E-state index is 13.0. The number of thioether (sulfide) groups is 1. The van der Waals surface area contributed by atoms with Crippen LogP contribution in [0.15, 0.2) is 53.4 Å². The molecule has 28 heavy (non-hydrogen) atoms. The van der Waals surface area contributed by atoms with Crippen LogP contribution in [0.2, 0.25) is 0 Å². The molecule has 0 unspecified atom stereocenters. The van der Waals surface area contributed by atoms with E-state index in [-0.39, 0.29) is 11.8 Å². The van der Waals surface area contributed by atoms with Crippen LogP contribution in [0.4, 0.5) is 0 Å². The average molecular weight is 397 g/mol. The number of carbonyl (C=O) groups excluding carboxylic acids is 2. The summed E-state index contributed by atoms with van der Waals surface area (Å²) in [6, 6.07) is 15.0. The zero-order valence-electron chi connectivity index (χ0n) is 16.2. The van der Waals surface area contributed by atoms with Crippen LogP contribution < -0.4 is 9.47 Å². The summed E-state index contributed by atoms with van der Waals surface area (Å²) in [5.41, 5.74) is 2.26. The summed E-state index contributed by atoms with van der Waals surface area (Å²) in [5, 5.41) is 0. The number of benzene rings is 2. The molecular formula is C22H23NO4S. The number of rotatable bonds is 8. The Balaban J connectivity index is 1.81. The summed E-state index contributed by atoms with van der Waals surface area (Å²) in [6.45, 7) is 2.29. The van der Waals surface area contributed by atoms with Crippen LogP contribution >= 0.6 is 11.8 Å². The van der Waals surface area contributed by atoms with E-state index in [2.05, 4.69) is 0 Å². The van der Waals surface area contributed by atoms with Gasteiger partial charge in [-0.05, 0) is 35.4 Å². The third kappa shape index (κ3) is 3.92. The quantitative estimate of drug-likeness (QED) is 0.635. The van der Waals surface area contributed by atoms with E-state index in [0.717, 1.165) is 16.9 Å². The molecule has 0 N–H and O–H groups in total. The smallest absolute Gasteiger partial charge is 0.267 e. The topological polar surface area (TPSA) is 55.8 Å². The molecule has 1 aliphatic rings. The maximum atomic E-state index is 13.0. The van der Waals surface area contributed by atoms with Gasteiger partial charge in [0, 0.05) is 6.54 Å². The lowest BCUT2D eigenvalue weighted by Gasteiger charge is -2.16. The third-order valence-corrected chi connectivity index (χ3v) is 5.50. The number of carbonyl (C=O) groups is 2. The highest BCUT2D eigenvalue weighted by molar-refractivity contribution is 8.04. The molecule has 2 amide bonds. The molecule has 0 radical (unpaired) electrons. The molecule has 0 saturated heterocycles. The van der Waals surface area contributed by atoms with Gasteiger partial charge >= 0.3 is 0 Å². The van der Waals surface area contributed by atoms with Gasteiger partial charge in [-0.15, -0.1) is 11.8 Å². The van der Waals surface area contributed by atoms with Gasteiger partial charge < -0.3 is 9.47 Å². The Morgan fingerprint density at radius 3 is 2.29 bits per heavy atom. The van der Waals surface area contributed by atoms with Gasteiger partial charge in [-0.3, -0.25) is 14.5 Å². The molecule has 0 aromatic heterocycles. The number of hydrogen-bond acceptors (Lipinski definition) is 5. The molecule has 0 aliphatic carbocycles. The zero-order chi connectivity index (χ0) is 20.1. The Labute approximate surface area is 169 Å². The first-order valence-electron chi connectivity index (χ1n) is 9.10. The minimum Gasteiger partial charge on any atom is -0.493 e. The van der Waals surface area contributed by atoms with Crippen LogP contribution in [0.25, 0.3) is 5.57 Å². The Morgan fingerprint density at radius 1 is 0.929 bits per heavy atom. The fraction of sp³-hybridized carbons (Fsp3) is 0.273. The van der Waals surface area contributed by atoms with E-state index in [4.69, 9.17) is 9.47 Å². The summed E-state index contributed by atoms with van der Waals surface area (Å²) >= 11 is 1.42. The van der Waals surface area contributed by atoms with Crippen LogP contribution in [0.1, 0.15) is 18.1 Å². The molecule has 1 aliphatic heterocycles. The van der Waals surface area contributed by atoms with Crippen LogP contribution in [0, 0.1) is 0 Å². The van der Waals surface area contributed by atoms with E-state index in [9.17, 15) is 9.59 Å². The van der Waals surface area contributed by atoms with Gasteiger partial charge in [-0.25, -0.2) is 0 Å². The molecule has 2 aromatic carbocycles. The summed E-state index contributed by atoms with van der Waals surface area (Å²) in [5.74, 6) is 1.57. The molecule has 6 heteroatoms. The molecule has 5 nitrogen and oxygen atoms in total.